The monoisotopic (exact) mass is 369 g/mol. The summed E-state index contributed by atoms with van der Waals surface area (Å²) in [5.74, 6) is -0.765. The topological polar surface area (TPSA) is 107 Å². The number of amides is 1. The predicted molar refractivity (Wildman–Crippen MR) is 89.8 cm³/mol. The fraction of sp³-hybridized carbons (Fsp3) is 0.625. The number of fused-ring (bicyclic) bond motifs is 1. The fourth-order valence-electron chi connectivity index (χ4n) is 2.39. The zero-order valence-electron chi connectivity index (χ0n) is 14.9. The highest BCUT2D eigenvalue weighted by Gasteiger charge is 2.28. The van der Waals surface area contributed by atoms with Gasteiger partial charge in [-0.05, 0) is 20.8 Å². The maximum Gasteiger partial charge on any atom is 0.308 e. The molecule has 1 aromatic rings. The molecule has 0 N–H and O–H groups in total. The second-order valence-corrected chi connectivity index (χ2v) is 8.97. The molecule has 0 radical (unpaired) electrons. The van der Waals surface area contributed by atoms with Crippen LogP contribution in [0.3, 0.4) is 0 Å². The van der Waals surface area contributed by atoms with Crippen LogP contribution in [0.25, 0.3) is 0 Å². The van der Waals surface area contributed by atoms with Crippen molar-refractivity contribution in [3.63, 3.8) is 0 Å². The molecule has 0 bridgehead atoms. The van der Waals surface area contributed by atoms with Crippen molar-refractivity contribution in [2.24, 2.45) is 0 Å². The van der Waals surface area contributed by atoms with Crippen LogP contribution in [-0.2, 0) is 25.8 Å². The van der Waals surface area contributed by atoms with Crippen LogP contribution in [-0.4, -0.2) is 59.6 Å². The summed E-state index contributed by atoms with van der Waals surface area (Å²) in [6, 6.07) is 0. The third kappa shape index (κ3) is 4.75. The molecule has 0 fully saturated rings. The van der Waals surface area contributed by atoms with Gasteiger partial charge in [-0.2, -0.15) is 0 Å². The number of nitrogens with zero attached hydrogens (tertiary/aromatic N) is 3. The maximum atomic E-state index is 12.5. The second kappa shape index (κ2) is 7.07. The summed E-state index contributed by atoms with van der Waals surface area (Å²) in [6.07, 6.45) is 1.78. The van der Waals surface area contributed by atoms with Gasteiger partial charge in [-0.15, -0.1) is 0 Å². The van der Waals surface area contributed by atoms with Gasteiger partial charge in [0.05, 0.1) is 23.4 Å². The summed E-state index contributed by atoms with van der Waals surface area (Å²) in [5.41, 5.74) is 0.149. The van der Waals surface area contributed by atoms with Crippen LogP contribution in [0.1, 0.15) is 50.2 Å². The van der Waals surface area contributed by atoms with Crippen molar-refractivity contribution in [2.45, 2.75) is 51.3 Å². The Labute approximate surface area is 147 Å². The number of ether oxygens (including phenoxy) is 1. The molecule has 2 heterocycles. The first-order chi connectivity index (χ1) is 11.5. The summed E-state index contributed by atoms with van der Waals surface area (Å²) in [5, 5.41) is -0.247. The van der Waals surface area contributed by atoms with Gasteiger partial charge in [0.2, 0.25) is 15.0 Å². The Kier molecular flexibility index (Phi) is 5.46. The van der Waals surface area contributed by atoms with Gasteiger partial charge in [0.15, 0.2) is 0 Å². The van der Waals surface area contributed by atoms with Gasteiger partial charge in [-0.1, -0.05) is 6.92 Å². The van der Waals surface area contributed by atoms with Crippen molar-refractivity contribution in [1.29, 1.82) is 0 Å². The van der Waals surface area contributed by atoms with E-state index in [0.29, 0.717) is 18.7 Å². The lowest BCUT2D eigenvalue weighted by Crippen LogP contribution is -2.40. The summed E-state index contributed by atoms with van der Waals surface area (Å²) in [4.78, 5) is 33.7. The molecule has 1 aliphatic heterocycles. The average molecular weight is 369 g/mol. The second-order valence-electron chi connectivity index (χ2n) is 6.80. The molecular formula is C16H23N3O5S. The lowest BCUT2D eigenvalue weighted by atomic mass is 10.1. The van der Waals surface area contributed by atoms with Gasteiger partial charge in [0.1, 0.15) is 5.60 Å². The molecule has 9 heteroatoms. The maximum absolute atomic E-state index is 12.5. The SMILES string of the molecule is CCS(=O)(=O)c1ncc2c(n1)CCN(CCC(=O)OC(C)(C)C)C2=O. The van der Waals surface area contributed by atoms with Gasteiger partial charge in [-0.25, -0.2) is 18.4 Å². The smallest absolute Gasteiger partial charge is 0.308 e. The van der Waals surface area contributed by atoms with E-state index in [1.807, 2.05) is 0 Å². The largest absolute Gasteiger partial charge is 0.460 e. The van der Waals surface area contributed by atoms with Crippen molar-refractivity contribution >= 4 is 21.7 Å². The van der Waals surface area contributed by atoms with E-state index in [0.717, 1.165) is 0 Å². The number of hydrogen-bond acceptors (Lipinski definition) is 7. The molecule has 0 spiro atoms. The van der Waals surface area contributed by atoms with E-state index in [1.54, 1.807) is 20.8 Å². The lowest BCUT2D eigenvalue weighted by Gasteiger charge is -2.28. The Morgan fingerprint density at radius 3 is 2.64 bits per heavy atom. The lowest BCUT2D eigenvalue weighted by molar-refractivity contribution is -0.155. The third-order valence-electron chi connectivity index (χ3n) is 3.65. The molecule has 25 heavy (non-hydrogen) atoms. The highest BCUT2D eigenvalue weighted by atomic mass is 32.2. The first kappa shape index (κ1) is 19.3. The van der Waals surface area contributed by atoms with Crippen LogP contribution in [0.2, 0.25) is 0 Å². The van der Waals surface area contributed by atoms with E-state index in [9.17, 15) is 18.0 Å². The summed E-state index contributed by atoms with van der Waals surface area (Å²) in [6.45, 7) is 7.48. The van der Waals surface area contributed by atoms with Crippen LogP contribution in [0.15, 0.2) is 11.4 Å². The number of hydrogen-bond donors (Lipinski definition) is 0. The summed E-state index contributed by atoms with van der Waals surface area (Å²) in [7, 11) is -3.51. The average Bonchev–Trinajstić information content (AvgIpc) is 2.52. The summed E-state index contributed by atoms with van der Waals surface area (Å²) < 4.78 is 28.9. The Morgan fingerprint density at radius 1 is 1.36 bits per heavy atom. The minimum atomic E-state index is -3.51. The van der Waals surface area contributed by atoms with E-state index >= 15 is 0 Å². The molecule has 1 aromatic heterocycles. The van der Waals surface area contributed by atoms with E-state index in [-0.39, 0.29) is 41.3 Å². The minimum absolute atomic E-state index is 0.0955. The number of carbonyl (C=O) groups is 2. The van der Waals surface area contributed by atoms with Crippen LogP contribution in [0.4, 0.5) is 0 Å². The zero-order valence-corrected chi connectivity index (χ0v) is 15.7. The molecule has 0 saturated heterocycles. The molecule has 138 valence electrons. The van der Waals surface area contributed by atoms with Gasteiger partial charge in [0, 0.05) is 25.7 Å². The zero-order chi connectivity index (χ0) is 18.8. The van der Waals surface area contributed by atoms with Crippen molar-refractivity contribution in [3.05, 3.63) is 17.5 Å². The summed E-state index contributed by atoms with van der Waals surface area (Å²) >= 11 is 0. The Morgan fingerprint density at radius 2 is 2.04 bits per heavy atom. The number of carbonyl (C=O) groups excluding carboxylic acids is 2. The molecule has 0 aromatic carbocycles. The molecule has 0 unspecified atom stereocenters. The standard InChI is InChI=1S/C16H23N3O5S/c1-5-25(22,23)15-17-10-11-12(18-15)6-8-19(14(11)21)9-7-13(20)24-16(2,3)4/h10H,5-9H2,1-4H3. The van der Waals surface area contributed by atoms with Gasteiger partial charge in [-0.3, -0.25) is 9.59 Å². The minimum Gasteiger partial charge on any atom is -0.460 e. The van der Waals surface area contributed by atoms with Crippen molar-refractivity contribution in [2.75, 3.05) is 18.8 Å². The van der Waals surface area contributed by atoms with Crippen LogP contribution >= 0.6 is 0 Å². The van der Waals surface area contributed by atoms with Gasteiger partial charge >= 0.3 is 5.97 Å². The third-order valence-corrected chi connectivity index (χ3v) is 5.16. The van der Waals surface area contributed by atoms with Gasteiger partial charge in [0.25, 0.3) is 5.91 Å². The first-order valence-electron chi connectivity index (χ1n) is 8.13. The van der Waals surface area contributed by atoms with E-state index in [4.69, 9.17) is 4.74 Å². The molecule has 0 aliphatic carbocycles. The van der Waals surface area contributed by atoms with Crippen LogP contribution in [0.5, 0.6) is 0 Å². The Balaban J connectivity index is 2.08. The Hall–Kier alpha value is -2.03. The number of aromatic nitrogens is 2. The van der Waals surface area contributed by atoms with Crippen LogP contribution < -0.4 is 0 Å². The number of sulfone groups is 1. The normalized spacial score (nSPS) is 15.0. The molecule has 0 saturated carbocycles. The highest BCUT2D eigenvalue weighted by molar-refractivity contribution is 7.91. The van der Waals surface area contributed by atoms with Crippen LogP contribution in [0, 0.1) is 0 Å². The number of rotatable bonds is 5. The molecular weight excluding hydrogens is 346 g/mol. The predicted octanol–water partition coefficient (Wildman–Crippen LogP) is 1.00. The van der Waals surface area contributed by atoms with E-state index in [1.165, 1.54) is 18.0 Å². The first-order valence-corrected chi connectivity index (χ1v) is 9.78. The van der Waals surface area contributed by atoms with E-state index in [2.05, 4.69) is 9.97 Å². The highest BCUT2D eigenvalue weighted by Crippen LogP contribution is 2.19. The van der Waals surface area contributed by atoms with E-state index < -0.39 is 15.4 Å². The van der Waals surface area contributed by atoms with Crippen molar-refractivity contribution in [1.82, 2.24) is 14.9 Å². The molecule has 2 rings (SSSR count). The molecule has 1 aliphatic rings. The molecule has 8 nitrogen and oxygen atoms in total. The molecule has 0 atom stereocenters. The number of esters is 1. The van der Waals surface area contributed by atoms with Gasteiger partial charge < -0.3 is 9.64 Å². The quantitative estimate of drug-likeness (QED) is 0.563. The Bertz CT molecular complexity index is 783. The fourth-order valence-corrected chi connectivity index (χ4v) is 3.11. The van der Waals surface area contributed by atoms with Crippen molar-refractivity contribution in [3.8, 4) is 0 Å². The molecule has 1 amide bonds. The van der Waals surface area contributed by atoms with Crippen molar-refractivity contribution < 1.29 is 22.7 Å².